The summed E-state index contributed by atoms with van der Waals surface area (Å²) in [5, 5.41) is 72.3. The molecule has 2 aliphatic rings. The van der Waals surface area contributed by atoms with E-state index in [9.17, 15) is 40.5 Å². The fourth-order valence-electron chi connectivity index (χ4n) is 9.61. The van der Waals surface area contributed by atoms with Crippen LogP contribution in [0, 0.1) is 0 Å². The largest absolute Gasteiger partial charge is 0.457 e. The highest BCUT2D eigenvalue weighted by atomic mass is 16.7. The molecule has 11 atom stereocenters. The van der Waals surface area contributed by atoms with Crippen LogP contribution in [0.15, 0.2) is 24.3 Å². The van der Waals surface area contributed by atoms with Crippen LogP contribution in [0.2, 0.25) is 0 Å². The van der Waals surface area contributed by atoms with Crippen molar-refractivity contribution in [1.29, 1.82) is 0 Å². The van der Waals surface area contributed by atoms with Crippen LogP contribution in [0.4, 0.5) is 0 Å². The first-order valence-corrected chi connectivity index (χ1v) is 29.9. The summed E-state index contributed by atoms with van der Waals surface area (Å²) >= 11 is 0. The number of aliphatic hydroxyl groups excluding tert-OH is 7. The first kappa shape index (κ1) is 67.6. The average molecular weight is 1040 g/mol. The van der Waals surface area contributed by atoms with Gasteiger partial charge in [0.1, 0.15) is 54.9 Å². The topological polar surface area (TPSA) is 214 Å². The van der Waals surface area contributed by atoms with Gasteiger partial charge in [-0.05, 0) is 44.9 Å². The van der Waals surface area contributed by atoms with Crippen LogP contribution in [0.1, 0.15) is 245 Å². The molecule has 7 N–H and O–H groups in total. The molecule has 2 saturated heterocycles. The molecule has 0 amide bonds. The second kappa shape index (κ2) is 46.6. The van der Waals surface area contributed by atoms with E-state index in [2.05, 4.69) is 38.2 Å². The zero-order valence-electron chi connectivity index (χ0n) is 46.1. The van der Waals surface area contributed by atoms with E-state index in [0.29, 0.717) is 13.0 Å². The highest BCUT2D eigenvalue weighted by Crippen LogP contribution is 2.27. The van der Waals surface area contributed by atoms with Crippen molar-refractivity contribution in [1.82, 2.24) is 0 Å². The van der Waals surface area contributed by atoms with Gasteiger partial charge in [0.2, 0.25) is 0 Å². The van der Waals surface area contributed by atoms with E-state index in [1.54, 1.807) is 0 Å². The van der Waals surface area contributed by atoms with Gasteiger partial charge in [0, 0.05) is 13.0 Å². The Kier molecular flexibility index (Phi) is 43.1. The Balaban J connectivity index is 1.69. The van der Waals surface area contributed by atoms with Crippen molar-refractivity contribution >= 4 is 5.97 Å². The quantitative estimate of drug-likeness (QED) is 0.0172. The van der Waals surface area contributed by atoms with Crippen LogP contribution >= 0.6 is 0 Å². The van der Waals surface area contributed by atoms with Crippen molar-refractivity contribution in [3.05, 3.63) is 24.3 Å². The van der Waals surface area contributed by atoms with Crippen molar-refractivity contribution in [2.75, 3.05) is 33.0 Å². The second-order valence-electron chi connectivity index (χ2n) is 21.2. The van der Waals surface area contributed by atoms with E-state index < -0.39 is 80.7 Å². The van der Waals surface area contributed by atoms with Crippen LogP contribution in [0.25, 0.3) is 0 Å². The number of allylic oxidation sites excluding steroid dienone is 4. The molecule has 2 rings (SSSR count). The lowest BCUT2D eigenvalue weighted by molar-refractivity contribution is -0.332. The van der Waals surface area contributed by atoms with Gasteiger partial charge in [-0.25, -0.2) is 0 Å². The SMILES string of the molecule is CCCCC/C=C\C/C=C\CCCCCCCCCC(=O)OC(COCCCCCCCCCCCCCCCCCCCCCCCC)COC1OC(COC2OC(CO)C(O)C(O)C2O)C(O)C(O)C1O. The average Bonchev–Trinajstić information content (AvgIpc) is 3.39. The first-order valence-electron chi connectivity index (χ1n) is 29.9. The number of hydrogen-bond donors (Lipinski definition) is 7. The minimum Gasteiger partial charge on any atom is -0.457 e. The summed E-state index contributed by atoms with van der Waals surface area (Å²) in [6.07, 6.45) is 36.7. The van der Waals surface area contributed by atoms with E-state index >= 15 is 0 Å². The molecule has 73 heavy (non-hydrogen) atoms. The lowest BCUT2D eigenvalue weighted by Gasteiger charge is -2.42. The summed E-state index contributed by atoms with van der Waals surface area (Å²) in [6.45, 7) is 3.71. The minimum absolute atomic E-state index is 0.0631. The number of carbonyl (C=O) groups is 1. The summed E-state index contributed by atoms with van der Waals surface area (Å²) in [6, 6.07) is 0. The maximum atomic E-state index is 13.1. The Bertz CT molecular complexity index is 1300. The Morgan fingerprint density at radius 1 is 0.452 bits per heavy atom. The number of hydrogen-bond acceptors (Lipinski definition) is 14. The van der Waals surface area contributed by atoms with Gasteiger partial charge in [0.05, 0.1) is 26.4 Å². The van der Waals surface area contributed by atoms with E-state index in [-0.39, 0.29) is 25.6 Å². The molecule has 14 nitrogen and oxygen atoms in total. The van der Waals surface area contributed by atoms with Gasteiger partial charge in [-0.15, -0.1) is 0 Å². The van der Waals surface area contributed by atoms with Gasteiger partial charge in [-0.2, -0.15) is 0 Å². The van der Waals surface area contributed by atoms with Crippen molar-refractivity contribution in [2.24, 2.45) is 0 Å². The number of unbranched alkanes of at least 4 members (excludes halogenated alkanes) is 31. The van der Waals surface area contributed by atoms with Crippen molar-refractivity contribution in [3.63, 3.8) is 0 Å². The van der Waals surface area contributed by atoms with Crippen LogP contribution in [0.5, 0.6) is 0 Å². The number of carbonyl (C=O) groups excluding carboxylic acids is 1. The molecule has 0 aliphatic carbocycles. The summed E-state index contributed by atoms with van der Waals surface area (Å²) in [7, 11) is 0. The number of esters is 1. The van der Waals surface area contributed by atoms with Gasteiger partial charge in [0.25, 0.3) is 0 Å². The lowest BCUT2D eigenvalue weighted by Crippen LogP contribution is -2.61. The molecule has 0 spiro atoms. The zero-order chi connectivity index (χ0) is 53.0. The predicted molar refractivity (Wildman–Crippen MR) is 289 cm³/mol. The third kappa shape index (κ3) is 33.4. The third-order valence-corrected chi connectivity index (χ3v) is 14.5. The van der Waals surface area contributed by atoms with Crippen LogP contribution in [-0.2, 0) is 33.2 Å². The Morgan fingerprint density at radius 3 is 1.34 bits per heavy atom. The molecule has 0 bridgehead atoms. The second-order valence-corrected chi connectivity index (χ2v) is 21.2. The Hall–Kier alpha value is -1.53. The van der Waals surface area contributed by atoms with Crippen molar-refractivity contribution in [2.45, 2.75) is 313 Å². The molecule has 430 valence electrons. The summed E-state index contributed by atoms with van der Waals surface area (Å²) in [4.78, 5) is 13.1. The van der Waals surface area contributed by atoms with Gasteiger partial charge in [-0.1, -0.05) is 218 Å². The lowest BCUT2D eigenvalue weighted by atomic mass is 9.98. The minimum atomic E-state index is -1.71. The number of ether oxygens (including phenoxy) is 6. The molecule has 2 heterocycles. The molecule has 0 aromatic carbocycles. The molecular weight excluding hydrogens is 933 g/mol. The number of aliphatic hydroxyl groups is 7. The molecule has 0 saturated carbocycles. The van der Waals surface area contributed by atoms with E-state index in [1.165, 1.54) is 167 Å². The van der Waals surface area contributed by atoms with Gasteiger partial charge >= 0.3 is 5.97 Å². The van der Waals surface area contributed by atoms with Crippen LogP contribution in [0.3, 0.4) is 0 Å². The Labute approximate surface area is 443 Å². The first-order chi connectivity index (χ1) is 35.6. The van der Waals surface area contributed by atoms with Gasteiger partial charge in [0.15, 0.2) is 12.6 Å². The van der Waals surface area contributed by atoms with Crippen LogP contribution in [-0.4, -0.2) is 142 Å². The molecular formula is C59H110O14. The highest BCUT2D eigenvalue weighted by Gasteiger charge is 2.47. The normalized spacial score (nSPS) is 25.1. The van der Waals surface area contributed by atoms with Crippen molar-refractivity contribution in [3.8, 4) is 0 Å². The predicted octanol–water partition coefficient (Wildman–Crippen LogP) is 10.8. The fraction of sp³-hybridized carbons (Fsp3) is 0.915. The molecule has 0 radical (unpaired) electrons. The number of rotatable bonds is 49. The Morgan fingerprint density at radius 2 is 0.849 bits per heavy atom. The summed E-state index contributed by atoms with van der Waals surface area (Å²) in [5.74, 6) is -0.379. The third-order valence-electron chi connectivity index (χ3n) is 14.5. The van der Waals surface area contributed by atoms with Gasteiger partial charge < -0.3 is 64.2 Å². The standard InChI is InChI=1S/C59H110O14/c1-3-5-7-9-11-13-15-17-19-21-22-23-24-25-27-29-31-33-35-37-39-41-43-68-45-48(71-51(61)42-40-38-36-34-32-30-28-26-20-18-16-14-12-10-8-6-4-2)46-69-58-57(67)55(65)53(63)50(73-58)47-70-59-56(66)54(64)52(62)49(44-60)72-59/h12,14,18,20,48-50,52-60,62-67H,3-11,13,15-17,19,21-47H2,1-2H3/b14-12-,20-18-. The maximum absolute atomic E-state index is 13.1. The monoisotopic (exact) mass is 1040 g/mol. The summed E-state index contributed by atoms with van der Waals surface area (Å²) in [5.41, 5.74) is 0. The van der Waals surface area contributed by atoms with Crippen molar-refractivity contribution < 1.29 is 69.0 Å². The van der Waals surface area contributed by atoms with E-state index in [4.69, 9.17) is 28.4 Å². The molecule has 0 aromatic heterocycles. The smallest absolute Gasteiger partial charge is 0.306 e. The molecule has 11 unspecified atom stereocenters. The molecule has 2 fully saturated rings. The van der Waals surface area contributed by atoms with Crippen LogP contribution < -0.4 is 0 Å². The van der Waals surface area contributed by atoms with E-state index in [0.717, 1.165) is 51.4 Å². The van der Waals surface area contributed by atoms with Gasteiger partial charge in [-0.3, -0.25) is 4.79 Å². The molecule has 0 aromatic rings. The maximum Gasteiger partial charge on any atom is 0.306 e. The highest BCUT2D eigenvalue weighted by molar-refractivity contribution is 5.69. The fourth-order valence-corrected chi connectivity index (χ4v) is 9.61. The molecule has 14 heteroatoms. The summed E-state index contributed by atoms with van der Waals surface area (Å²) < 4.78 is 34.4. The zero-order valence-corrected chi connectivity index (χ0v) is 46.1. The van der Waals surface area contributed by atoms with E-state index in [1.807, 2.05) is 0 Å². The molecule has 2 aliphatic heterocycles.